The lowest BCUT2D eigenvalue weighted by Crippen LogP contribution is -2.40. The van der Waals surface area contributed by atoms with Crippen LogP contribution in [0.25, 0.3) is 0 Å². The first-order valence-corrected chi connectivity index (χ1v) is 9.76. The molecule has 30 heavy (non-hydrogen) atoms. The topological polar surface area (TPSA) is 82.6 Å². The van der Waals surface area contributed by atoms with Crippen molar-refractivity contribution in [1.29, 1.82) is 0 Å². The van der Waals surface area contributed by atoms with Crippen LogP contribution < -0.4 is 19.5 Å². The number of carbonyl (C=O) groups excluding carboxylic acids is 1. The van der Waals surface area contributed by atoms with E-state index in [9.17, 15) is 4.79 Å². The molecule has 0 aliphatic heterocycles. The average Bonchev–Trinajstić information content (AvgIpc) is 2.73. The lowest BCUT2D eigenvalue weighted by molar-refractivity contribution is -0.125. The Balaban J connectivity index is 1.30. The standard InChI is InChI=1S/C23H23N3O4/c1-15-9-17(7-8-20(15)30-19-12-24-14-25-13-19)26-23(27)16-10-18(11-16)29-22-6-4-3-5-21(22)28-2/h3-9,12-14,16,18H,10-11H2,1-2H3,(H,26,27). The lowest BCUT2D eigenvalue weighted by Gasteiger charge is -2.34. The first-order valence-electron chi connectivity index (χ1n) is 9.76. The van der Waals surface area contributed by atoms with E-state index >= 15 is 0 Å². The van der Waals surface area contributed by atoms with E-state index in [4.69, 9.17) is 14.2 Å². The Hall–Kier alpha value is -3.61. The molecule has 1 aliphatic carbocycles. The van der Waals surface area contributed by atoms with Crippen LogP contribution in [-0.4, -0.2) is 29.1 Å². The second kappa shape index (κ2) is 8.82. The third kappa shape index (κ3) is 4.51. The third-order valence-corrected chi connectivity index (χ3v) is 5.04. The molecule has 1 aliphatic rings. The van der Waals surface area contributed by atoms with Gasteiger partial charge in [0.25, 0.3) is 0 Å². The zero-order valence-electron chi connectivity index (χ0n) is 16.9. The molecule has 1 aromatic heterocycles. The molecule has 7 heteroatoms. The largest absolute Gasteiger partial charge is 0.493 e. The van der Waals surface area contributed by atoms with Crippen LogP contribution in [0.5, 0.6) is 23.0 Å². The van der Waals surface area contributed by atoms with Crippen LogP contribution in [0.3, 0.4) is 0 Å². The molecule has 3 aromatic rings. The fourth-order valence-corrected chi connectivity index (χ4v) is 3.32. The molecular formula is C23H23N3O4. The van der Waals surface area contributed by atoms with Gasteiger partial charge in [-0.2, -0.15) is 0 Å². The number of hydrogen-bond donors (Lipinski definition) is 1. The maximum Gasteiger partial charge on any atom is 0.227 e. The Kier molecular flexibility index (Phi) is 5.79. The van der Waals surface area contributed by atoms with Crippen LogP contribution >= 0.6 is 0 Å². The summed E-state index contributed by atoms with van der Waals surface area (Å²) in [7, 11) is 1.62. The minimum atomic E-state index is -0.0672. The van der Waals surface area contributed by atoms with Crippen LogP contribution in [-0.2, 0) is 4.79 Å². The normalized spacial score (nSPS) is 17.5. The van der Waals surface area contributed by atoms with Crippen molar-refractivity contribution in [2.24, 2.45) is 5.92 Å². The second-order valence-electron chi connectivity index (χ2n) is 7.20. The summed E-state index contributed by atoms with van der Waals surface area (Å²) in [6.45, 7) is 1.93. The van der Waals surface area contributed by atoms with Gasteiger partial charge in [0, 0.05) is 11.6 Å². The Morgan fingerprint density at radius 1 is 1.03 bits per heavy atom. The van der Waals surface area contributed by atoms with E-state index in [0.29, 0.717) is 35.8 Å². The highest BCUT2D eigenvalue weighted by Crippen LogP contribution is 2.36. The smallest absolute Gasteiger partial charge is 0.227 e. The van der Waals surface area contributed by atoms with Crippen LogP contribution in [0.15, 0.2) is 61.2 Å². The third-order valence-electron chi connectivity index (χ3n) is 5.04. The SMILES string of the molecule is COc1ccccc1OC1CC(C(=O)Nc2ccc(Oc3cncnc3)c(C)c2)C1. The van der Waals surface area contributed by atoms with Crippen molar-refractivity contribution >= 4 is 11.6 Å². The van der Waals surface area contributed by atoms with Gasteiger partial charge in [0.1, 0.15) is 18.2 Å². The van der Waals surface area contributed by atoms with Crippen molar-refractivity contribution in [2.45, 2.75) is 25.9 Å². The molecule has 1 fully saturated rings. The zero-order valence-corrected chi connectivity index (χ0v) is 16.9. The van der Waals surface area contributed by atoms with Crippen LogP contribution in [0.2, 0.25) is 0 Å². The fraction of sp³-hybridized carbons (Fsp3) is 0.261. The average molecular weight is 405 g/mol. The molecule has 0 radical (unpaired) electrons. The van der Waals surface area contributed by atoms with Crippen molar-refractivity contribution in [3.63, 3.8) is 0 Å². The minimum absolute atomic E-state index is 0.000551. The fourth-order valence-electron chi connectivity index (χ4n) is 3.32. The Labute approximate surface area is 175 Å². The monoisotopic (exact) mass is 405 g/mol. The number of aromatic nitrogens is 2. The molecule has 1 amide bonds. The number of anilines is 1. The number of methoxy groups -OCH3 is 1. The molecule has 1 heterocycles. The maximum atomic E-state index is 12.6. The number of benzene rings is 2. The van der Waals surface area contributed by atoms with E-state index in [1.54, 1.807) is 19.5 Å². The molecule has 0 spiro atoms. The van der Waals surface area contributed by atoms with Gasteiger partial charge in [-0.3, -0.25) is 4.79 Å². The molecule has 1 N–H and O–H groups in total. The summed E-state index contributed by atoms with van der Waals surface area (Å²) < 4.78 is 17.0. The first kappa shape index (κ1) is 19.7. The summed E-state index contributed by atoms with van der Waals surface area (Å²) in [5.41, 5.74) is 1.64. The highest BCUT2D eigenvalue weighted by Gasteiger charge is 2.36. The number of nitrogens with zero attached hydrogens (tertiary/aromatic N) is 2. The van der Waals surface area contributed by atoms with E-state index in [1.165, 1.54) is 6.33 Å². The number of nitrogens with one attached hydrogen (secondary N) is 1. The predicted octanol–water partition coefficient (Wildman–Crippen LogP) is 4.38. The first-order chi connectivity index (χ1) is 14.6. The van der Waals surface area contributed by atoms with Gasteiger partial charge >= 0.3 is 0 Å². The summed E-state index contributed by atoms with van der Waals surface area (Å²) in [5.74, 6) is 2.59. The Morgan fingerprint density at radius 2 is 1.77 bits per heavy atom. The minimum Gasteiger partial charge on any atom is -0.493 e. The molecule has 1 saturated carbocycles. The molecule has 2 aromatic carbocycles. The molecule has 7 nitrogen and oxygen atoms in total. The van der Waals surface area contributed by atoms with E-state index in [2.05, 4.69) is 15.3 Å². The quantitative estimate of drug-likeness (QED) is 0.628. The van der Waals surface area contributed by atoms with Crippen molar-refractivity contribution in [3.05, 3.63) is 66.7 Å². The highest BCUT2D eigenvalue weighted by molar-refractivity contribution is 5.93. The molecule has 0 saturated heterocycles. The summed E-state index contributed by atoms with van der Waals surface area (Å²) in [5, 5.41) is 2.98. The lowest BCUT2D eigenvalue weighted by atomic mass is 9.81. The van der Waals surface area contributed by atoms with Crippen molar-refractivity contribution in [1.82, 2.24) is 9.97 Å². The number of amides is 1. The van der Waals surface area contributed by atoms with Crippen LogP contribution in [0, 0.1) is 12.8 Å². The Morgan fingerprint density at radius 3 is 2.47 bits per heavy atom. The van der Waals surface area contributed by atoms with Gasteiger partial charge in [0.15, 0.2) is 17.2 Å². The van der Waals surface area contributed by atoms with E-state index in [-0.39, 0.29) is 17.9 Å². The number of para-hydroxylation sites is 2. The molecule has 0 atom stereocenters. The summed E-state index contributed by atoms with van der Waals surface area (Å²) >= 11 is 0. The van der Waals surface area contributed by atoms with Crippen molar-refractivity contribution in [2.75, 3.05) is 12.4 Å². The predicted molar refractivity (Wildman–Crippen MR) is 112 cm³/mol. The summed E-state index contributed by atoms with van der Waals surface area (Å²) in [6.07, 6.45) is 6.02. The molecule has 0 bridgehead atoms. The van der Waals surface area contributed by atoms with Crippen LogP contribution in [0.4, 0.5) is 5.69 Å². The van der Waals surface area contributed by atoms with E-state index in [0.717, 1.165) is 11.3 Å². The van der Waals surface area contributed by atoms with Gasteiger partial charge < -0.3 is 19.5 Å². The maximum absolute atomic E-state index is 12.6. The van der Waals surface area contributed by atoms with Gasteiger partial charge in [-0.15, -0.1) is 0 Å². The zero-order chi connectivity index (χ0) is 20.9. The number of rotatable bonds is 7. The molecule has 154 valence electrons. The van der Waals surface area contributed by atoms with Gasteiger partial charge in [0.2, 0.25) is 5.91 Å². The number of ether oxygens (including phenoxy) is 3. The summed E-state index contributed by atoms with van der Waals surface area (Å²) in [4.78, 5) is 20.4. The van der Waals surface area contributed by atoms with Gasteiger partial charge in [-0.1, -0.05) is 12.1 Å². The number of carbonyl (C=O) groups is 1. The van der Waals surface area contributed by atoms with Gasteiger partial charge in [0.05, 0.1) is 19.5 Å². The molecular weight excluding hydrogens is 382 g/mol. The van der Waals surface area contributed by atoms with E-state index < -0.39 is 0 Å². The van der Waals surface area contributed by atoms with E-state index in [1.807, 2.05) is 49.4 Å². The second-order valence-corrected chi connectivity index (χ2v) is 7.20. The van der Waals surface area contributed by atoms with Crippen molar-refractivity contribution in [3.8, 4) is 23.0 Å². The van der Waals surface area contributed by atoms with Crippen LogP contribution in [0.1, 0.15) is 18.4 Å². The van der Waals surface area contributed by atoms with Gasteiger partial charge in [-0.05, 0) is 55.7 Å². The molecule has 4 rings (SSSR count). The number of aryl methyl sites for hydroxylation is 1. The number of hydrogen-bond acceptors (Lipinski definition) is 6. The van der Waals surface area contributed by atoms with Crippen molar-refractivity contribution < 1.29 is 19.0 Å². The van der Waals surface area contributed by atoms with Gasteiger partial charge in [-0.25, -0.2) is 9.97 Å². The Bertz CT molecular complexity index is 1020. The molecule has 0 unspecified atom stereocenters. The highest BCUT2D eigenvalue weighted by atomic mass is 16.5. The summed E-state index contributed by atoms with van der Waals surface area (Å²) in [6, 6.07) is 13.1.